The molecule has 0 bridgehead atoms. The lowest BCUT2D eigenvalue weighted by atomic mass is 10.3. The van der Waals surface area contributed by atoms with Crippen molar-refractivity contribution >= 4 is 33.0 Å². The van der Waals surface area contributed by atoms with E-state index in [1.54, 1.807) is 6.07 Å². The number of anilines is 1. The Bertz CT molecular complexity index is 601. The summed E-state index contributed by atoms with van der Waals surface area (Å²) in [6, 6.07) is 1.72. The monoisotopic (exact) mass is 300 g/mol. The Balaban J connectivity index is 2.29. The van der Waals surface area contributed by atoms with Gasteiger partial charge in [-0.1, -0.05) is 12.2 Å². The Labute approximate surface area is 118 Å². The van der Waals surface area contributed by atoms with E-state index >= 15 is 0 Å². The second-order valence-electron chi connectivity index (χ2n) is 4.55. The van der Waals surface area contributed by atoms with Gasteiger partial charge in [-0.05, 0) is 19.4 Å². The number of nitrogens with zero attached hydrogens (tertiary/aromatic N) is 3. The maximum absolute atomic E-state index is 11.6. The van der Waals surface area contributed by atoms with Crippen LogP contribution in [0.5, 0.6) is 0 Å². The van der Waals surface area contributed by atoms with Gasteiger partial charge >= 0.3 is 0 Å². The molecule has 0 aliphatic carbocycles. The molecule has 6 nitrogen and oxygen atoms in total. The molecular formula is C11H16N4O2S2. The van der Waals surface area contributed by atoms with Crippen molar-refractivity contribution in [3.05, 3.63) is 17.5 Å². The summed E-state index contributed by atoms with van der Waals surface area (Å²) in [5.74, 6) is 0.851. The summed E-state index contributed by atoms with van der Waals surface area (Å²) in [5, 5.41) is 0. The minimum atomic E-state index is -2.94. The van der Waals surface area contributed by atoms with Crippen molar-refractivity contribution < 1.29 is 8.42 Å². The molecule has 0 spiro atoms. The summed E-state index contributed by atoms with van der Waals surface area (Å²) < 4.78 is 23.2. The van der Waals surface area contributed by atoms with Crippen LogP contribution < -0.4 is 10.6 Å². The van der Waals surface area contributed by atoms with E-state index in [2.05, 4.69) is 9.97 Å². The third-order valence-corrected chi connectivity index (χ3v) is 4.86. The molecule has 2 N–H and O–H groups in total. The third kappa shape index (κ3) is 3.60. The molecule has 2 rings (SSSR count). The number of nitrogens with two attached hydrogens (primary N) is 1. The van der Waals surface area contributed by atoms with Crippen LogP contribution in [0.4, 0.5) is 5.95 Å². The minimum absolute atomic E-state index is 0.132. The summed E-state index contributed by atoms with van der Waals surface area (Å²) in [5.41, 5.74) is 6.86. The van der Waals surface area contributed by atoms with E-state index in [0.29, 0.717) is 31.2 Å². The number of rotatable bonds is 2. The fraction of sp³-hybridized carbons (Fsp3) is 0.545. The summed E-state index contributed by atoms with van der Waals surface area (Å²) in [4.78, 5) is 10.7. The molecule has 1 aromatic heterocycles. The SMILES string of the molecule is Cc1cc(C(N)=S)nc(N2CCCS(=O)(=O)CC2)n1. The Morgan fingerprint density at radius 2 is 2.11 bits per heavy atom. The van der Waals surface area contributed by atoms with Gasteiger partial charge in [0.15, 0.2) is 9.84 Å². The van der Waals surface area contributed by atoms with Gasteiger partial charge in [0.05, 0.1) is 11.5 Å². The molecule has 0 amide bonds. The molecule has 104 valence electrons. The number of sulfone groups is 1. The lowest BCUT2D eigenvalue weighted by Crippen LogP contribution is -2.29. The zero-order chi connectivity index (χ0) is 14.0. The first kappa shape index (κ1) is 14.1. The Morgan fingerprint density at radius 1 is 1.37 bits per heavy atom. The Morgan fingerprint density at radius 3 is 2.79 bits per heavy atom. The molecule has 1 aromatic rings. The maximum Gasteiger partial charge on any atom is 0.226 e. The van der Waals surface area contributed by atoms with Gasteiger partial charge in [-0.2, -0.15) is 0 Å². The zero-order valence-corrected chi connectivity index (χ0v) is 12.3. The molecular weight excluding hydrogens is 284 g/mol. The van der Waals surface area contributed by atoms with Crippen molar-refractivity contribution in [3.63, 3.8) is 0 Å². The van der Waals surface area contributed by atoms with Crippen molar-refractivity contribution in [1.82, 2.24) is 9.97 Å². The van der Waals surface area contributed by atoms with Crippen molar-refractivity contribution in [3.8, 4) is 0 Å². The van der Waals surface area contributed by atoms with E-state index in [4.69, 9.17) is 18.0 Å². The van der Waals surface area contributed by atoms with E-state index < -0.39 is 9.84 Å². The van der Waals surface area contributed by atoms with Gasteiger partial charge in [-0.25, -0.2) is 18.4 Å². The summed E-state index contributed by atoms with van der Waals surface area (Å²) >= 11 is 4.92. The summed E-state index contributed by atoms with van der Waals surface area (Å²) in [6.45, 7) is 2.86. The fourth-order valence-electron chi connectivity index (χ4n) is 1.96. The quantitative estimate of drug-likeness (QED) is 0.772. The van der Waals surface area contributed by atoms with Crippen LogP contribution >= 0.6 is 12.2 Å². The van der Waals surface area contributed by atoms with Crippen LogP contribution in [0.3, 0.4) is 0 Å². The summed E-state index contributed by atoms with van der Waals surface area (Å²) in [7, 11) is -2.94. The third-order valence-electron chi connectivity index (χ3n) is 2.93. The van der Waals surface area contributed by atoms with E-state index in [9.17, 15) is 8.42 Å². The smallest absolute Gasteiger partial charge is 0.226 e. The van der Waals surface area contributed by atoms with E-state index in [1.807, 2.05) is 11.8 Å². The predicted molar refractivity (Wildman–Crippen MR) is 78.1 cm³/mol. The molecule has 19 heavy (non-hydrogen) atoms. The predicted octanol–water partition coefficient (Wildman–Crippen LogP) is 0.0441. The molecule has 0 saturated carbocycles. The summed E-state index contributed by atoms with van der Waals surface area (Å²) in [6.07, 6.45) is 0.585. The lowest BCUT2D eigenvalue weighted by Gasteiger charge is -2.20. The lowest BCUT2D eigenvalue weighted by molar-refractivity contribution is 0.597. The molecule has 2 heterocycles. The topological polar surface area (TPSA) is 89.2 Å². The number of hydrogen-bond donors (Lipinski definition) is 1. The van der Waals surface area contributed by atoms with E-state index in [1.165, 1.54) is 0 Å². The highest BCUT2D eigenvalue weighted by Crippen LogP contribution is 2.14. The molecule has 0 aromatic carbocycles. The number of hydrogen-bond acceptors (Lipinski definition) is 6. The first-order valence-electron chi connectivity index (χ1n) is 5.98. The first-order chi connectivity index (χ1) is 8.87. The van der Waals surface area contributed by atoms with Crippen LogP contribution in [0.1, 0.15) is 17.8 Å². The van der Waals surface area contributed by atoms with E-state index in [0.717, 1.165) is 5.69 Å². The molecule has 0 atom stereocenters. The molecule has 1 fully saturated rings. The zero-order valence-electron chi connectivity index (χ0n) is 10.7. The van der Waals surface area contributed by atoms with Crippen LogP contribution in [-0.2, 0) is 9.84 Å². The molecule has 1 aliphatic rings. The van der Waals surface area contributed by atoms with Crippen LogP contribution in [0.25, 0.3) is 0 Å². The molecule has 0 radical (unpaired) electrons. The van der Waals surface area contributed by atoms with Gasteiger partial charge in [-0.3, -0.25) is 0 Å². The van der Waals surface area contributed by atoms with Gasteiger partial charge in [0.2, 0.25) is 5.95 Å². The standard InChI is InChI=1S/C11H16N4O2S2/c1-8-7-9(10(12)18)14-11(13-8)15-3-2-5-19(16,17)6-4-15/h7H,2-6H2,1H3,(H2,12,18). The van der Waals surface area contributed by atoms with Crippen LogP contribution in [0.15, 0.2) is 6.07 Å². The number of thiocarbonyl (C=S) groups is 1. The highest BCUT2D eigenvalue weighted by molar-refractivity contribution is 7.91. The highest BCUT2D eigenvalue weighted by Gasteiger charge is 2.21. The molecule has 0 unspecified atom stereocenters. The molecule has 1 aliphatic heterocycles. The normalized spacial score (nSPS) is 18.9. The van der Waals surface area contributed by atoms with Gasteiger partial charge in [0, 0.05) is 18.8 Å². The highest BCUT2D eigenvalue weighted by atomic mass is 32.2. The molecule has 1 saturated heterocycles. The second-order valence-corrected chi connectivity index (χ2v) is 7.29. The van der Waals surface area contributed by atoms with Crippen LogP contribution in [0, 0.1) is 6.92 Å². The minimum Gasteiger partial charge on any atom is -0.388 e. The average molecular weight is 300 g/mol. The first-order valence-corrected chi connectivity index (χ1v) is 8.21. The number of aromatic nitrogens is 2. The van der Waals surface area contributed by atoms with Crippen molar-refractivity contribution in [2.45, 2.75) is 13.3 Å². The van der Waals surface area contributed by atoms with Gasteiger partial charge < -0.3 is 10.6 Å². The number of aryl methyl sites for hydroxylation is 1. The van der Waals surface area contributed by atoms with E-state index in [-0.39, 0.29) is 16.5 Å². The Hall–Kier alpha value is -1.28. The van der Waals surface area contributed by atoms with Crippen molar-refractivity contribution in [1.29, 1.82) is 0 Å². The fourth-order valence-corrected chi connectivity index (χ4v) is 3.34. The maximum atomic E-state index is 11.6. The average Bonchev–Trinajstić information content (AvgIpc) is 2.49. The van der Waals surface area contributed by atoms with Gasteiger partial charge in [0.25, 0.3) is 0 Å². The molecule has 8 heteroatoms. The van der Waals surface area contributed by atoms with Crippen LogP contribution in [-0.4, -0.2) is 48.0 Å². The second kappa shape index (κ2) is 5.38. The Kier molecular flexibility index (Phi) is 4.00. The van der Waals surface area contributed by atoms with Gasteiger partial charge in [-0.15, -0.1) is 0 Å². The van der Waals surface area contributed by atoms with Crippen molar-refractivity contribution in [2.24, 2.45) is 5.73 Å². The van der Waals surface area contributed by atoms with Crippen molar-refractivity contribution in [2.75, 3.05) is 29.5 Å². The largest absolute Gasteiger partial charge is 0.388 e. The van der Waals surface area contributed by atoms with Crippen LogP contribution in [0.2, 0.25) is 0 Å². The van der Waals surface area contributed by atoms with Gasteiger partial charge in [0.1, 0.15) is 10.7 Å².